The summed E-state index contributed by atoms with van der Waals surface area (Å²) in [5.41, 5.74) is 2.28. The van der Waals surface area contributed by atoms with Crippen LogP contribution in [0.3, 0.4) is 0 Å². The Hall–Kier alpha value is -1.38. The molecular weight excluding hydrogens is 236 g/mol. The zero-order valence-corrected chi connectivity index (χ0v) is 11.9. The molecule has 3 rings (SSSR count). The van der Waals surface area contributed by atoms with Crippen LogP contribution in [0.15, 0.2) is 18.3 Å². The van der Waals surface area contributed by atoms with Gasteiger partial charge >= 0.3 is 0 Å². The molecule has 1 aliphatic heterocycles. The Balaban J connectivity index is 1.75. The van der Waals surface area contributed by atoms with Crippen LogP contribution in [0.1, 0.15) is 61.5 Å². The minimum absolute atomic E-state index is 0.188. The van der Waals surface area contributed by atoms with Crippen molar-refractivity contribution < 1.29 is 4.79 Å². The molecular formula is C16H22N2O. The molecule has 2 fully saturated rings. The van der Waals surface area contributed by atoms with Crippen LogP contribution < -0.4 is 0 Å². The summed E-state index contributed by atoms with van der Waals surface area (Å²) in [4.78, 5) is 18.9. The topological polar surface area (TPSA) is 33.2 Å². The average molecular weight is 258 g/mol. The second kappa shape index (κ2) is 4.62. The van der Waals surface area contributed by atoms with Gasteiger partial charge in [-0.25, -0.2) is 0 Å². The van der Waals surface area contributed by atoms with Gasteiger partial charge in [-0.3, -0.25) is 9.78 Å². The fourth-order valence-corrected chi connectivity index (χ4v) is 3.27. The lowest BCUT2D eigenvalue weighted by molar-refractivity contribution is 0.0732. The van der Waals surface area contributed by atoms with Crippen molar-refractivity contribution >= 4 is 5.91 Å². The molecule has 2 aliphatic rings. The molecule has 1 aliphatic carbocycles. The number of carbonyl (C=O) groups is 1. The molecule has 1 saturated carbocycles. The average Bonchev–Trinajstić information content (AvgIpc) is 2.83. The monoisotopic (exact) mass is 258 g/mol. The molecule has 102 valence electrons. The number of hydrogen-bond donors (Lipinski definition) is 0. The lowest BCUT2D eigenvalue weighted by atomic mass is 9.68. The van der Waals surface area contributed by atoms with Crippen LogP contribution in [0.5, 0.6) is 0 Å². The zero-order valence-electron chi connectivity index (χ0n) is 11.9. The van der Waals surface area contributed by atoms with Crippen molar-refractivity contribution in [2.45, 2.75) is 45.4 Å². The summed E-state index contributed by atoms with van der Waals surface area (Å²) in [7, 11) is 0. The van der Waals surface area contributed by atoms with Crippen molar-refractivity contribution in [1.29, 1.82) is 0 Å². The van der Waals surface area contributed by atoms with E-state index in [0.29, 0.717) is 11.3 Å². The number of amides is 1. The Morgan fingerprint density at radius 3 is 2.74 bits per heavy atom. The Morgan fingerprint density at radius 2 is 2.16 bits per heavy atom. The molecule has 0 aromatic carbocycles. The van der Waals surface area contributed by atoms with Gasteiger partial charge in [-0.15, -0.1) is 0 Å². The van der Waals surface area contributed by atoms with Crippen LogP contribution in [0.25, 0.3) is 0 Å². The maximum atomic E-state index is 12.5. The number of aromatic nitrogens is 1. The Kier molecular flexibility index (Phi) is 3.08. The smallest absolute Gasteiger partial charge is 0.253 e. The highest BCUT2D eigenvalue weighted by atomic mass is 16.2. The van der Waals surface area contributed by atoms with Crippen LogP contribution in [-0.2, 0) is 0 Å². The zero-order chi connectivity index (χ0) is 13.5. The molecule has 1 aromatic heterocycles. The molecule has 0 radical (unpaired) electrons. The van der Waals surface area contributed by atoms with E-state index in [2.05, 4.69) is 18.8 Å². The standard InChI is InChI=1S/C16H22N2O/c1-12(2)14-10-13(4-8-17-14)15(19)18-9-7-16(11-18)5-3-6-16/h4,8,10,12H,3,5-7,9,11H2,1-2H3. The van der Waals surface area contributed by atoms with E-state index in [1.54, 1.807) is 6.20 Å². The number of rotatable bonds is 2. The van der Waals surface area contributed by atoms with Gasteiger partial charge in [-0.05, 0) is 42.7 Å². The van der Waals surface area contributed by atoms with Crippen molar-refractivity contribution in [3.05, 3.63) is 29.6 Å². The quantitative estimate of drug-likeness (QED) is 0.816. The minimum Gasteiger partial charge on any atom is -0.338 e. The molecule has 0 N–H and O–H groups in total. The van der Waals surface area contributed by atoms with Crippen LogP contribution in [0.2, 0.25) is 0 Å². The Labute approximate surface area is 115 Å². The second-order valence-electron chi connectivity index (χ2n) is 6.45. The fourth-order valence-electron chi connectivity index (χ4n) is 3.27. The first-order chi connectivity index (χ1) is 9.10. The molecule has 1 amide bonds. The van der Waals surface area contributed by atoms with E-state index in [0.717, 1.165) is 24.3 Å². The normalized spacial score (nSPS) is 20.9. The third-order valence-corrected chi connectivity index (χ3v) is 4.76. The van der Waals surface area contributed by atoms with E-state index in [4.69, 9.17) is 0 Å². The number of likely N-dealkylation sites (tertiary alicyclic amines) is 1. The predicted octanol–water partition coefficient (Wildman–Crippen LogP) is 3.22. The summed E-state index contributed by atoms with van der Waals surface area (Å²) in [6.45, 7) is 6.11. The number of pyridine rings is 1. The second-order valence-corrected chi connectivity index (χ2v) is 6.45. The molecule has 1 spiro atoms. The molecule has 1 aromatic rings. The van der Waals surface area contributed by atoms with Gasteiger partial charge in [0.15, 0.2) is 0 Å². The molecule has 0 bridgehead atoms. The maximum absolute atomic E-state index is 12.5. The molecule has 2 heterocycles. The van der Waals surface area contributed by atoms with Gasteiger partial charge < -0.3 is 4.90 Å². The van der Waals surface area contributed by atoms with Crippen molar-refractivity contribution in [3.8, 4) is 0 Å². The van der Waals surface area contributed by atoms with E-state index in [1.807, 2.05) is 17.0 Å². The lowest BCUT2D eigenvalue weighted by Gasteiger charge is -2.37. The van der Waals surface area contributed by atoms with Crippen molar-refractivity contribution in [3.63, 3.8) is 0 Å². The van der Waals surface area contributed by atoms with Crippen LogP contribution in [-0.4, -0.2) is 28.9 Å². The first-order valence-electron chi connectivity index (χ1n) is 7.35. The molecule has 3 nitrogen and oxygen atoms in total. The maximum Gasteiger partial charge on any atom is 0.253 e. The van der Waals surface area contributed by atoms with Crippen molar-refractivity contribution in [2.75, 3.05) is 13.1 Å². The molecule has 19 heavy (non-hydrogen) atoms. The van der Waals surface area contributed by atoms with Gasteiger partial charge in [0.2, 0.25) is 0 Å². The fraction of sp³-hybridized carbons (Fsp3) is 0.625. The molecule has 0 atom stereocenters. The number of carbonyl (C=O) groups excluding carboxylic acids is 1. The SMILES string of the molecule is CC(C)c1cc(C(=O)N2CCC3(CCC3)C2)ccn1. The third kappa shape index (κ3) is 2.26. The van der Waals surface area contributed by atoms with E-state index in [9.17, 15) is 4.79 Å². The van der Waals surface area contributed by atoms with Crippen molar-refractivity contribution in [2.24, 2.45) is 5.41 Å². The summed E-state index contributed by atoms with van der Waals surface area (Å²) in [6, 6.07) is 3.80. The summed E-state index contributed by atoms with van der Waals surface area (Å²) in [5.74, 6) is 0.553. The number of hydrogen-bond acceptors (Lipinski definition) is 2. The van der Waals surface area contributed by atoms with E-state index in [-0.39, 0.29) is 5.91 Å². The highest BCUT2D eigenvalue weighted by Gasteiger charge is 2.44. The van der Waals surface area contributed by atoms with Crippen molar-refractivity contribution in [1.82, 2.24) is 9.88 Å². The summed E-state index contributed by atoms with van der Waals surface area (Å²) in [6.07, 6.45) is 6.92. The first-order valence-corrected chi connectivity index (χ1v) is 7.35. The van der Waals surface area contributed by atoms with Crippen LogP contribution in [0.4, 0.5) is 0 Å². The highest BCUT2D eigenvalue weighted by Crippen LogP contribution is 2.48. The summed E-state index contributed by atoms with van der Waals surface area (Å²) >= 11 is 0. The van der Waals surface area contributed by atoms with Gasteiger partial charge in [0, 0.05) is 30.5 Å². The van der Waals surface area contributed by atoms with Gasteiger partial charge in [-0.2, -0.15) is 0 Å². The van der Waals surface area contributed by atoms with E-state index in [1.165, 1.54) is 25.7 Å². The van der Waals surface area contributed by atoms with Crippen LogP contribution in [0, 0.1) is 5.41 Å². The summed E-state index contributed by atoms with van der Waals surface area (Å²) < 4.78 is 0. The van der Waals surface area contributed by atoms with E-state index < -0.39 is 0 Å². The van der Waals surface area contributed by atoms with Gasteiger partial charge in [0.1, 0.15) is 0 Å². The van der Waals surface area contributed by atoms with E-state index >= 15 is 0 Å². The first kappa shape index (κ1) is 12.6. The molecule has 0 unspecified atom stereocenters. The number of nitrogens with zero attached hydrogens (tertiary/aromatic N) is 2. The Bertz CT molecular complexity index is 491. The Morgan fingerprint density at radius 1 is 1.37 bits per heavy atom. The highest BCUT2D eigenvalue weighted by molar-refractivity contribution is 5.94. The van der Waals surface area contributed by atoms with Gasteiger partial charge in [-0.1, -0.05) is 20.3 Å². The largest absolute Gasteiger partial charge is 0.338 e. The molecule has 1 saturated heterocycles. The summed E-state index contributed by atoms with van der Waals surface area (Å²) in [5, 5.41) is 0. The van der Waals surface area contributed by atoms with Gasteiger partial charge in [0.05, 0.1) is 0 Å². The van der Waals surface area contributed by atoms with Crippen LogP contribution >= 0.6 is 0 Å². The predicted molar refractivity (Wildman–Crippen MR) is 75.1 cm³/mol. The lowest BCUT2D eigenvalue weighted by Crippen LogP contribution is -2.35. The van der Waals surface area contributed by atoms with Gasteiger partial charge in [0.25, 0.3) is 5.91 Å². The molecule has 3 heteroatoms. The minimum atomic E-state index is 0.188. The third-order valence-electron chi connectivity index (χ3n) is 4.76.